The number of fused-ring (bicyclic) bond motifs is 1. The predicted molar refractivity (Wildman–Crippen MR) is 104 cm³/mol. The highest BCUT2D eigenvalue weighted by Gasteiger charge is 2.24. The summed E-state index contributed by atoms with van der Waals surface area (Å²) in [6.07, 6.45) is 10.1. The van der Waals surface area contributed by atoms with E-state index in [1.165, 1.54) is 24.1 Å². The molecule has 2 aliphatic rings. The molecule has 3 aromatic heterocycles. The Kier molecular flexibility index (Phi) is 4.20. The summed E-state index contributed by atoms with van der Waals surface area (Å²) in [5.41, 5.74) is 2.62. The third-order valence-corrected chi connectivity index (χ3v) is 5.46. The molecule has 0 radical (unpaired) electrons. The van der Waals surface area contributed by atoms with E-state index in [0.29, 0.717) is 0 Å². The summed E-state index contributed by atoms with van der Waals surface area (Å²) in [5.74, 6) is 3.01. The van der Waals surface area contributed by atoms with E-state index in [4.69, 9.17) is 4.98 Å². The maximum Gasteiger partial charge on any atom is 0.155 e. The Labute approximate surface area is 158 Å². The molecule has 1 saturated heterocycles. The standard InChI is InChI=1S/C20H23N7/c1-2-6-17-16(5-1)20(22-15-21-17)26-13-11-25(12-14-26)18-7-3-8-19(24-18)27-10-4-9-23-27/h3-4,7-10,15H,1-2,5-6,11-14H2. The fourth-order valence-corrected chi connectivity index (χ4v) is 4.04. The number of hydrogen-bond acceptors (Lipinski definition) is 6. The molecule has 1 aliphatic carbocycles. The van der Waals surface area contributed by atoms with Crippen molar-refractivity contribution in [2.75, 3.05) is 36.0 Å². The molecule has 0 spiro atoms. The van der Waals surface area contributed by atoms with Crippen molar-refractivity contribution in [3.05, 3.63) is 54.2 Å². The van der Waals surface area contributed by atoms with Crippen LogP contribution in [0.5, 0.6) is 0 Å². The second-order valence-corrected chi connectivity index (χ2v) is 7.11. The molecule has 138 valence electrons. The van der Waals surface area contributed by atoms with Crippen LogP contribution in [0.2, 0.25) is 0 Å². The van der Waals surface area contributed by atoms with E-state index in [1.54, 1.807) is 17.2 Å². The van der Waals surface area contributed by atoms with Gasteiger partial charge in [-0.15, -0.1) is 0 Å². The van der Waals surface area contributed by atoms with Crippen molar-refractivity contribution in [2.45, 2.75) is 25.7 Å². The second-order valence-electron chi connectivity index (χ2n) is 7.11. The van der Waals surface area contributed by atoms with Gasteiger partial charge in [0.25, 0.3) is 0 Å². The number of piperazine rings is 1. The van der Waals surface area contributed by atoms with Gasteiger partial charge in [0.05, 0.1) is 0 Å². The minimum atomic E-state index is 0.852. The highest BCUT2D eigenvalue weighted by molar-refractivity contribution is 5.52. The molecule has 0 amide bonds. The van der Waals surface area contributed by atoms with E-state index >= 15 is 0 Å². The van der Waals surface area contributed by atoms with E-state index in [2.05, 4.69) is 30.9 Å². The maximum absolute atomic E-state index is 4.79. The Morgan fingerprint density at radius 2 is 1.63 bits per heavy atom. The van der Waals surface area contributed by atoms with Crippen LogP contribution in [-0.2, 0) is 12.8 Å². The van der Waals surface area contributed by atoms with Crippen molar-refractivity contribution in [1.29, 1.82) is 0 Å². The maximum atomic E-state index is 4.79. The van der Waals surface area contributed by atoms with E-state index in [1.807, 2.05) is 24.4 Å². The highest BCUT2D eigenvalue weighted by Crippen LogP contribution is 2.28. The van der Waals surface area contributed by atoms with Crippen LogP contribution < -0.4 is 9.80 Å². The van der Waals surface area contributed by atoms with Crippen LogP contribution in [0.25, 0.3) is 5.82 Å². The first-order chi connectivity index (χ1) is 13.4. The number of anilines is 2. The van der Waals surface area contributed by atoms with Gasteiger partial charge >= 0.3 is 0 Å². The normalized spacial score (nSPS) is 17.0. The number of nitrogens with zero attached hydrogens (tertiary/aromatic N) is 7. The summed E-state index contributed by atoms with van der Waals surface area (Å²) >= 11 is 0. The molecular formula is C20H23N7. The first kappa shape index (κ1) is 16.2. The fourth-order valence-electron chi connectivity index (χ4n) is 4.04. The molecular weight excluding hydrogens is 338 g/mol. The molecule has 7 heteroatoms. The zero-order valence-electron chi connectivity index (χ0n) is 15.3. The number of rotatable bonds is 3. The van der Waals surface area contributed by atoms with Crippen LogP contribution in [0.15, 0.2) is 43.0 Å². The molecule has 1 aliphatic heterocycles. The second kappa shape index (κ2) is 6.98. The molecule has 4 heterocycles. The number of hydrogen-bond donors (Lipinski definition) is 0. The number of aromatic nitrogens is 5. The average molecular weight is 361 g/mol. The van der Waals surface area contributed by atoms with Gasteiger partial charge in [-0.05, 0) is 43.9 Å². The number of aryl methyl sites for hydroxylation is 1. The third-order valence-electron chi connectivity index (χ3n) is 5.46. The Hall–Kier alpha value is -2.96. The van der Waals surface area contributed by atoms with E-state index in [0.717, 1.165) is 56.5 Å². The molecule has 5 rings (SSSR count). The van der Waals surface area contributed by atoms with Crippen molar-refractivity contribution in [3.63, 3.8) is 0 Å². The lowest BCUT2D eigenvalue weighted by Crippen LogP contribution is -2.47. The summed E-state index contributed by atoms with van der Waals surface area (Å²) in [5, 5.41) is 4.28. The molecule has 0 atom stereocenters. The molecule has 0 unspecified atom stereocenters. The minimum Gasteiger partial charge on any atom is -0.353 e. The van der Waals surface area contributed by atoms with E-state index in [-0.39, 0.29) is 0 Å². The first-order valence-corrected chi connectivity index (χ1v) is 9.68. The van der Waals surface area contributed by atoms with Crippen LogP contribution >= 0.6 is 0 Å². The summed E-state index contributed by atoms with van der Waals surface area (Å²) < 4.78 is 1.80. The summed E-state index contributed by atoms with van der Waals surface area (Å²) in [4.78, 5) is 18.7. The molecule has 0 aromatic carbocycles. The van der Waals surface area contributed by atoms with Crippen molar-refractivity contribution >= 4 is 11.6 Å². The zero-order valence-corrected chi connectivity index (χ0v) is 15.3. The van der Waals surface area contributed by atoms with Crippen LogP contribution in [0.3, 0.4) is 0 Å². The van der Waals surface area contributed by atoms with Crippen molar-refractivity contribution in [1.82, 2.24) is 24.7 Å². The van der Waals surface area contributed by atoms with E-state index < -0.39 is 0 Å². The molecule has 7 nitrogen and oxygen atoms in total. The van der Waals surface area contributed by atoms with Crippen LogP contribution in [0.1, 0.15) is 24.1 Å². The van der Waals surface area contributed by atoms with Crippen molar-refractivity contribution < 1.29 is 0 Å². The Balaban J connectivity index is 1.32. The van der Waals surface area contributed by atoms with Gasteiger partial charge in [-0.25, -0.2) is 19.6 Å². The minimum absolute atomic E-state index is 0.852. The van der Waals surface area contributed by atoms with Gasteiger partial charge in [0.2, 0.25) is 0 Å². The summed E-state index contributed by atoms with van der Waals surface area (Å²) in [7, 11) is 0. The fraction of sp³-hybridized carbons (Fsp3) is 0.400. The van der Waals surface area contributed by atoms with Crippen LogP contribution in [-0.4, -0.2) is 50.9 Å². The largest absolute Gasteiger partial charge is 0.353 e. The highest BCUT2D eigenvalue weighted by atomic mass is 15.3. The molecule has 27 heavy (non-hydrogen) atoms. The third kappa shape index (κ3) is 3.13. The Morgan fingerprint density at radius 3 is 2.48 bits per heavy atom. The van der Waals surface area contributed by atoms with Crippen LogP contribution in [0.4, 0.5) is 11.6 Å². The Morgan fingerprint density at radius 1 is 0.815 bits per heavy atom. The van der Waals surface area contributed by atoms with Crippen molar-refractivity contribution in [2.24, 2.45) is 0 Å². The van der Waals surface area contributed by atoms with E-state index in [9.17, 15) is 0 Å². The monoisotopic (exact) mass is 361 g/mol. The lowest BCUT2D eigenvalue weighted by atomic mass is 9.96. The summed E-state index contributed by atoms with van der Waals surface area (Å²) in [6, 6.07) is 8.02. The molecule has 3 aromatic rings. The van der Waals surface area contributed by atoms with Gasteiger partial charge in [-0.3, -0.25) is 0 Å². The SMILES string of the molecule is c1cc(N2CCN(c3ncnc4c3CCCC4)CC2)nc(-n2cccn2)c1. The first-order valence-electron chi connectivity index (χ1n) is 9.68. The predicted octanol–water partition coefficient (Wildman–Crippen LogP) is 2.26. The van der Waals surface area contributed by atoms with Gasteiger partial charge in [0, 0.05) is 49.8 Å². The van der Waals surface area contributed by atoms with Crippen LogP contribution in [0, 0.1) is 0 Å². The summed E-state index contributed by atoms with van der Waals surface area (Å²) in [6.45, 7) is 3.79. The molecule has 0 bridgehead atoms. The van der Waals surface area contributed by atoms with Gasteiger partial charge < -0.3 is 9.80 Å². The quantitative estimate of drug-likeness (QED) is 0.713. The molecule has 0 N–H and O–H groups in total. The lowest BCUT2D eigenvalue weighted by Gasteiger charge is -2.37. The number of pyridine rings is 1. The average Bonchev–Trinajstić information content (AvgIpc) is 3.29. The zero-order chi connectivity index (χ0) is 18.1. The van der Waals surface area contributed by atoms with Crippen molar-refractivity contribution in [3.8, 4) is 5.82 Å². The van der Waals surface area contributed by atoms with Gasteiger partial charge in [0.15, 0.2) is 5.82 Å². The van der Waals surface area contributed by atoms with Gasteiger partial charge in [-0.1, -0.05) is 6.07 Å². The lowest BCUT2D eigenvalue weighted by molar-refractivity contribution is 0.619. The molecule has 1 fully saturated rings. The van der Waals surface area contributed by atoms with Gasteiger partial charge in [-0.2, -0.15) is 5.10 Å². The topological polar surface area (TPSA) is 63.0 Å². The Bertz CT molecular complexity index is 914. The van der Waals surface area contributed by atoms with Gasteiger partial charge in [0.1, 0.15) is 18.0 Å². The molecule has 0 saturated carbocycles. The smallest absolute Gasteiger partial charge is 0.155 e.